The molecule has 4 rings (SSSR count). The Kier molecular flexibility index (Phi) is 4.52. The first-order chi connectivity index (χ1) is 13.2. The van der Waals surface area contributed by atoms with Crippen LogP contribution in [0.5, 0.6) is 0 Å². The van der Waals surface area contributed by atoms with Gasteiger partial charge < -0.3 is 10.2 Å². The summed E-state index contributed by atoms with van der Waals surface area (Å²) in [6.45, 7) is 5.14. The average molecular weight is 388 g/mol. The second-order valence-corrected chi connectivity index (χ2v) is 7.60. The molecule has 1 heterocycles. The highest BCUT2D eigenvalue weighted by molar-refractivity contribution is 5.68. The smallest absolute Gasteiger partial charge is 0.425 e. The fourth-order valence-corrected chi connectivity index (χ4v) is 3.38. The number of hydrogen-bond acceptors (Lipinski definition) is 3. The Morgan fingerprint density at radius 3 is 2.54 bits per heavy atom. The highest BCUT2D eigenvalue weighted by Gasteiger charge is 2.41. The third kappa shape index (κ3) is 3.55. The van der Waals surface area contributed by atoms with Gasteiger partial charge in [0.15, 0.2) is 6.10 Å². The minimum Gasteiger partial charge on any atom is -0.465 e. The molecule has 1 saturated carbocycles. The van der Waals surface area contributed by atoms with E-state index in [1.807, 2.05) is 31.3 Å². The van der Waals surface area contributed by atoms with Crippen molar-refractivity contribution in [3.05, 3.63) is 58.0 Å². The molecule has 0 amide bonds. The van der Waals surface area contributed by atoms with Crippen molar-refractivity contribution in [3.63, 3.8) is 0 Å². The lowest BCUT2D eigenvalue weighted by molar-refractivity contribution is -0.200. The highest BCUT2D eigenvalue weighted by Crippen LogP contribution is 2.32. The van der Waals surface area contributed by atoms with Gasteiger partial charge in [-0.3, -0.25) is 5.01 Å². The molecule has 3 nitrogen and oxygen atoms in total. The molecule has 0 unspecified atom stereocenters. The Hall–Kier alpha value is -2.63. The lowest BCUT2D eigenvalue weighted by Crippen LogP contribution is -2.49. The highest BCUT2D eigenvalue weighted by atomic mass is 19.4. The predicted octanol–water partition coefficient (Wildman–Crippen LogP) is 3.72. The number of nitrogens with zero attached hydrogens (tertiary/aromatic N) is 1. The fraction of sp³-hybridized carbons (Fsp3) is 0.364. The van der Waals surface area contributed by atoms with E-state index >= 15 is 0 Å². The van der Waals surface area contributed by atoms with E-state index in [0.29, 0.717) is 5.22 Å². The maximum absolute atomic E-state index is 13.1. The molecule has 0 aromatic heterocycles. The number of ether oxygens (including phenoxy) is 1. The summed E-state index contributed by atoms with van der Waals surface area (Å²) in [6, 6.07) is 12.2. The topological polar surface area (TPSA) is 24.5 Å². The summed E-state index contributed by atoms with van der Waals surface area (Å²) in [7, 11) is 0. The Morgan fingerprint density at radius 1 is 1.11 bits per heavy atom. The Balaban J connectivity index is 1.82. The van der Waals surface area contributed by atoms with Gasteiger partial charge in [-0.2, -0.15) is 13.2 Å². The van der Waals surface area contributed by atoms with Crippen LogP contribution in [0.1, 0.15) is 30.9 Å². The summed E-state index contributed by atoms with van der Waals surface area (Å²) < 4.78 is 44.7. The molecule has 28 heavy (non-hydrogen) atoms. The number of halogens is 3. The number of benzene rings is 2. The molecule has 2 aliphatic rings. The molecule has 0 radical (unpaired) electrons. The van der Waals surface area contributed by atoms with Crippen LogP contribution >= 0.6 is 0 Å². The van der Waals surface area contributed by atoms with Crippen molar-refractivity contribution >= 4 is 12.1 Å². The van der Waals surface area contributed by atoms with Crippen LogP contribution in [0.15, 0.2) is 36.4 Å². The molecule has 0 saturated heterocycles. The number of rotatable bonds is 4. The van der Waals surface area contributed by atoms with Crippen LogP contribution < -0.4 is 15.9 Å². The zero-order chi connectivity index (χ0) is 20.1. The molecule has 1 N–H and O–H groups in total. The van der Waals surface area contributed by atoms with Crippen LogP contribution in [-0.2, 0) is 4.74 Å². The minimum atomic E-state index is -4.41. The molecule has 1 fully saturated rings. The van der Waals surface area contributed by atoms with Crippen LogP contribution in [0.3, 0.4) is 0 Å². The SMILES string of the molecule is Cc1ccc(C)c(-c2ccc3c(c2)=CNN(C2CC2)C=3O[C@H](C)C(F)(F)F)c1. The van der Waals surface area contributed by atoms with E-state index in [2.05, 4.69) is 30.5 Å². The van der Waals surface area contributed by atoms with E-state index in [9.17, 15) is 13.2 Å². The molecule has 148 valence electrons. The van der Waals surface area contributed by atoms with Crippen LogP contribution in [-0.4, -0.2) is 23.3 Å². The minimum absolute atomic E-state index is 0.165. The quantitative estimate of drug-likeness (QED) is 0.864. The number of aryl methyl sites for hydroxylation is 2. The van der Waals surface area contributed by atoms with Crippen LogP contribution in [0.4, 0.5) is 13.2 Å². The van der Waals surface area contributed by atoms with Gasteiger partial charge in [-0.1, -0.05) is 29.8 Å². The third-order valence-corrected chi connectivity index (χ3v) is 5.23. The monoisotopic (exact) mass is 388 g/mol. The van der Waals surface area contributed by atoms with Gasteiger partial charge in [0.2, 0.25) is 5.88 Å². The maximum atomic E-state index is 13.1. The molecule has 1 aliphatic carbocycles. The van der Waals surface area contributed by atoms with Crippen molar-refractivity contribution in [1.82, 2.24) is 10.4 Å². The van der Waals surface area contributed by atoms with Gasteiger partial charge in [0.1, 0.15) is 0 Å². The van der Waals surface area contributed by atoms with Crippen LogP contribution in [0.2, 0.25) is 0 Å². The summed E-state index contributed by atoms with van der Waals surface area (Å²) in [5.41, 5.74) is 7.59. The first kappa shape index (κ1) is 18.7. The zero-order valence-electron chi connectivity index (χ0n) is 16.1. The molecule has 1 atom stereocenters. The normalized spacial score (nSPS) is 17.5. The number of fused-ring (bicyclic) bond motifs is 1. The molecular weight excluding hydrogens is 365 g/mol. The van der Waals surface area contributed by atoms with Gasteiger partial charge in [-0.15, -0.1) is 0 Å². The van der Waals surface area contributed by atoms with E-state index in [1.165, 1.54) is 0 Å². The number of hydrogen-bond donors (Lipinski definition) is 1. The Morgan fingerprint density at radius 2 is 1.86 bits per heavy atom. The predicted molar refractivity (Wildman–Crippen MR) is 103 cm³/mol. The van der Waals surface area contributed by atoms with Crippen molar-refractivity contribution < 1.29 is 17.9 Å². The Bertz CT molecular complexity index is 1030. The van der Waals surface area contributed by atoms with Gasteiger partial charge in [0.05, 0.1) is 6.04 Å². The second-order valence-electron chi connectivity index (χ2n) is 7.60. The van der Waals surface area contributed by atoms with E-state index in [0.717, 1.165) is 47.2 Å². The molecule has 1 aliphatic heterocycles. The standard InChI is InChI=1S/C22H23F3N2O/c1-13-4-5-14(2)20(10-13)16-6-9-19-17(11-16)12-26-27(18-7-8-18)21(19)28-15(3)22(23,24)25/h4-6,9-12,15,18,26H,7-8H2,1-3H3/t15-/m1/s1. The van der Waals surface area contributed by atoms with Gasteiger partial charge in [0.25, 0.3) is 0 Å². The van der Waals surface area contributed by atoms with Crippen molar-refractivity contribution in [3.8, 4) is 11.1 Å². The molecule has 0 bridgehead atoms. The van der Waals surface area contributed by atoms with E-state index in [-0.39, 0.29) is 11.9 Å². The largest absolute Gasteiger partial charge is 0.465 e. The molecule has 2 aromatic carbocycles. The molecule has 6 heteroatoms. The number of hydrazine groups is 1. The Labute approximate surface area is 162 Å². The third-order valence-electron chi connectivity index (χ3n) is 5.23. The average Bonchev–Trinajstić information content (AvgIpc) is 3.47. The van der Waals surface area contributed by atoms with Gasteiger partial charge in [-0.25, -0.2) is 0 Å². The van der Waals surface area contributed by atoms with Gasteiger partial charge >= 0.3 is 6.18 Å². The summed E-state index contributed by atoms with van der Waals surface area (Å²) in [5, 5.41) is 3.22. The van der Waals surface area contributed by atoms with Crippen LogP contribution in [0, 0.1) is 13.8 Å². The number of alkyl halides is 3. The first-order valence-electron chi connectivity index (χ1n) is 9.45. The molecule has 2 aromatic rings. The number of nitrogens with one attached hydrogen (secondary N) is 1. The van der Waals surface area contributed by atoms with E-state index in [1.54, 1.807) is 5.01 Å². The van der Waals surface area contributed by atoms with Crippen molar-refractivity contribution in [1.29, 1.82) is 0 Å². The molecule has 0 spiro atoms. The van der Waals surface area contributed by atoms with Gasteiger partial charge in [0, 0.05) is 16.6 Å². The van der Waals surface area contributed by atoms with Gasteiger partial charge in [-0.05, 0) is 62.4 Å². The first-order valence-corrected chi connectivity index (χ1v) is 9.45. The lowest BCUT2D eigenvalue weighted by Gasteiger charge is -2.31. The molecular formula is C22H23F3N2O. The second kappa shape index (κ2) is 6.76. The lowest BCUT2D eigenvalue weighted by atomic mass is 9.97. The van der Waals surface area contributed by atoms with Crippen molar-refractivity contribution in [2.45, 2.75) is 51.9 Å². The summed E-state index contributed by atoms with van der Waals surface area (Å²) in [5.74, 6) is 0.248. The van der Waals surface area contributed by atoms with Crippen molar-refractivity contribution in [2.24, 2.45) is 0 Å². The fourth-order valence-electron chi connectivity index (χ4n) is 3.38. The maximum Gasteiger partial charge on any atom is 0.425 e. The van der Waals surface area contributed by atoms with Crippen LogP contribution in [0.25, 0.3) is 23.2 Å². The summed E-state index contributed by atoms with van der Waals surface area (Å²) in [4.78, 5) is 0. The summed E-state index contributed by atoms with van der Waals surface area (Å²) >= 11 is 0. The zero-order valence-corrected chi connectivity index (χ0v) is 16.1. The summed E-state index contributed by atoms with van der Waals surface area (Å²) in [6.07, 6.45) is -2.58. The van der Waals surface area contributed by atoms with Crippen molar-refractivity contribution in [2.75, 3.05) is 0 Å². The van der Waals surface area contributed by atoms with E-state index < -0.39 is 12.3 Å². The van der Waals surface area contributed by atoms with E-state index in [4.69, 9.17) is 4.74 Å².